The van der Waals surface area contributed by atoms with Crippen LogP contribution in [0.2, 0.25) is 0 Å². The minimum atomic E-state index is -0.371. The van der Waals surface area contributed by atoms with Gasteiger partial charge in [0.05, 0.1) is 33.4 Å². The lowest BCUT2D eigenvalue weighted by molar-refractivity contribution is -0.136. The van der Waals surface area contributed by atoms with Gasteiger partial charge in [0.2, 0.25) is 0 Å². The number of fused-ring (bicyclic) bond motifs is 1. The van der Waals surface area contributed by atoms with E-state index in [4.69, 9.17) is 14.2 Å². The van der Waals surface area contributed by atoms with Gasteiger partial charge < -0.3 is 14.2 Å². The Morgan fingerprint density at radius 3 is 2.40 bits per heavy atom. The van der Waals surface area contributed by atoms with E-state index in [9.17, 15) is 4.79 Å². The van der Waals surface area contributed by atoms with Crippen LogP contribution in [0.15, 0.2) is 22.7 Å². The van der Waals surface area contributed by atoms with Crippen molar-refractivity contribution in [3.63, 3.8) is 0 Å². The Hall–Kier alpha value is -2.30. The first-order valence-corrected chi connectivity index (χ1v) is 6.17. The maximum atomic E-state index is 11.7. The Morgan fingerprint density at radius 1 is 1.15 bits per heavy atom. The van der Waals surface area contributed by atoms with Crippen LogP contribution >= 0.6 is 0 Å². The monoisotopic (exact) mass is 275 g/mol. The summed E-state index contributed by atoms with van der Waals surface area (Å²) in [6.45, 7) is 2.20. The number of carbonyl (C=O) groups is 1. The Kier molecular flexibility index (Phi) is 4.08. The van der Waals surface area contributed by atoms with Gasteiger partial charge in [-0.2, -0.15) is 0 Å². The summed E-state index contributed by atoms with van der Waals surface area (Å²) in [5, 5.41) is 0. The minimum Gasteiger partial charge on any atom is -0.493 e. The summed E-state index contributed by atoms with van der Waals surface area (Å²) in [6.07, 6.45) is 1.78. The summed E-state index contributed by atoms with van der Waals surface area (Å²) in [4.78, 5) is 16.1. The fourth-order valence-electron chi connectivity index (χ4n) is 2.10. The van der Waals surface area contributed by atoms with E-state index in [1.165, 1.54) is 7.11 Å². The van der Waals surface area contributed by atoms with E-state index in [1.807, 2.05) is 19.1 Å². The van der Waals surface area contributed by atoms with E-state index in [0.29, 0.717) is 23.6 Å². The van der Waals surface area contributed by atoms with Crippen LogP contribution in [0.1, 0.15) is 18.1 Å². The fraction of sp³-hybridized carbons (Fsp3) is 0.333. The van der Waals surface area contributed by atoms with Gasteiger partial charge >= 0.3 is 5.97 Å². The van der Waals surface area contributed by atoms with Crippen molar-refractivity contribution in [1.82, 2.24) is 0 Å². The van der Waals surface area contributed by atoms with Crippen LogP contribution in [-0.2, 0) is 9.53 Å². The van der Waals surface area contributed by atoms with Gasteiger partial charge in [-0.3, -0.25) is 4.99 Å². The molecular formula is C15H17NO4. The molecule has 0 bridgehead atoms. The molecule has 0 N–H and O–H groups in total. The van der Waals surface area contributed by atoms with E-state index in [0.717, 1.165) is 16.8 Å². The van der Waals surface area contributed by atoms with Gasteiger partial charge in [0.1, 0.15) is 0 Å². The number of aliphatic imine (C=N–C) groups is 1. The third-order valence-electron chi connectivity index (χ3n) is 3.21. The van der Waals surface area contributed by atoms with Gasteiger partial charge in [-0.15, -0.1) is 0 Å². The van der Waals surface area contributed by atoms with Crippen LogP contribution < -0.4 is 9.47 Å². The molecule has 1 aromatic carbocycles. The summed E-state index contributed by atoms with van der Waals surface area (Å²) < 4.78 is 15.3. The highest BCUT2D eigenvalue weighted by atomic mass is 16.5. The van der Waals surface area contributed by atoms with Crippen LogP contribution in [0.3, 0.4) is 0 Å². The molecule has 1 heterocycles. The number of carbonyl (C=O) groups excluding carboxylic acids is 1. The number of hydrogen-bond donors (Lipinski definition) is 0. The molecule has 106 valence electrons. The van der Waals surface area contributed by atoms with Gasteiger partial charge in [0.15, 0.2) is 11.5 Å². The highest BCUT2D eigenvalue weighted by Crippen LogP contribution is 2.33. The molecule has 0 saturated heterocycles. The van der Waals surface area contributed by atoms with E-state index in [-0.39, 0.29) is 5.97 Å². The summed E-state index contributed by atoms with van der Waals surface area (Å²) in [7, 11) is 4.52. The molecule has 0 fully saturated rings. The predicted octanol–water partition coefficient (Wildman–Crippen LogP) is 2.08. The molecule has 0 amide bonds. The van der Waals surface area contributed by atoms with E-state index in [1.54, 1.807) is 20.3 Å². The zero-order valence-corrected chi connectivity index (χ0v) is 12.0. The van der Waals surface area contributed by atoms with Crippen LogP contribution in [0, 0.1) is 0 Å². The molecule has 20 heavy (non-hydrogen) atoms. The number of ether oxygens (including phenoxy) is 3. The van der Waals surface area contributed by atoms with Crippen molar-refractivity contribution in [3.8, 4) is 11.5 Å². The second kappa shape index (κ2) is 5.77. The molecule has 1 aliphatic heterocycles. The maximum absolute atomic E-state index is 11.7. The average molecular weight is 275 g/mol. The maximum Gasteiger partial charge on any atom is 0.335 e. The molecule has 2 rings (SSSR count). The molecule has 0 atom stereocenters. The number of esters is 1. The van der Waals surface area contributed by atoms with Crippen LogP contribution in [-0.4, -0.2) is 39.6 Å². The zero-order chi connectivity index (χ0) is 14.7. The Labute approximate surface area is 117 Å². The Balaban J connectivity index is 2.61. The number of methoxy groups -OCH3 is 3. The van der Waals surface area contributed by atoms with Crippen LogP contribution in [0.25, 0.3) is 6.08 Å². The minimum absolute atomic E-state index is 0.303. The average Bonchev–Trinajstić information content (AvgIpc) is 2.64. The van der Waals surface area contributed by atoms with Gasteiger partial charge in [-0.25, -0.2) is 4.79 Å². The molecule has 1 aliphatic rings. The molecule has 0 aliphatic carbocycles. The quantitative estimate of drug-likeness (QED) is 0.792. The van der Waals surface area contributed by atoms with E-state index >= 15 is 0 Å². The lowest BCUT2D eigenvalue weighted by Gasteiger charge is -2.12. The second-order valence-electron chi connectivity index (χ2n) is 4.36. The van der Waals surface area contributed by atoms with Gasteiger partial charge in [-0.1, -0.05) is 0 Å². The van der Waals surface area contributed by atoms with Crippen molar-refractivity contribution in [2.75, 3.05) is 27.9 Å². The smallest absolute Gasteiger partial charge is 0.335 e. The lowest BCUT2D eigenvalue weighted by Crippen LogP contribution is -2.07. The molecule has 0 radical (unpaired) electrons. The molecule has 5 heteroatoms. The zero-order valence-electron chi connectivity index (χ0n) is 12.0. The molecular weight excluding hydrogens is 258 g/mol. The highest BCUT2D eigenvalue weighted by molar-refractivity contribution is 6.06. The van der Waals surface area contributed by atoms with Crippen molar-refractivity contribution in [1.29, 1.82) is 0 Å². The SMILES string of the molecule is COC(=O)C1=Cc2cc(OC)c(OC)cc2C(C)=NC1. The number of hydrogen-bond acceptors (Lipinski definition) is 5. The van der Waals surface area contributed by atoms with Crippen molar-refractivity contribution in [2.24, 2.45) is 4.99 Å². The number of nitrogens with zero attached hydrogens (tertiary/aromatic N) is 1. The number of rotatable bonds is 3. The molecule has 0 aromatic heterocycles. The second-order valence-corrected chi connectivity index (χ2v) is 4.36. The third kappa shape index (κ3) is 2.52. The van der Waals surface area contributed by atoms with E-state index < -0.39 is 0 Å². The summed E-state index contributed by atoms with van der Waals surface area (Å²) >= 11 is 0. The topological polar surface area (TPSA) is 57.1 Å². The van der Waals surface area contributed by atoms with Crippen molar-refractivity contribution in [3.05, 3.63) is 28.8 Å². The van der Waals surface area contributed by atoms with E-state index in [2.05, 4.69) is 4.99 Å². The first-order valence-electron chi connectivity index (χ1n) is 6.17. The van der Waals surface area contributed by atoms with Crippen LogP contribution in [0.5, 0.6) is 11.5 Å². The molecule has 0 spiro atoms. The Bertz CT molecular complexity index is 602. The van der Waals surface area contributed by atoms with Gasteiger partial charge in [-0.05, 0) is 30.7 Å². The summed E-state index contributed by atoms with van der Waals surface area (Å²) in [5.74, 6) is 0.876. The first-order chi connectivity index (χ1) is 9.60. The van der Waals surface area contributed by atoms with Crippen molar-refractivity contribution in [2.45, 2.75) is 6.92 Å². The third-order valence-corrected chi connectivity index (χ3v) is 3.21. The molecule has 0 saturated carbocycles. The van der Waals surface area contributed by atoms with Gasteiger partial charge in [0.25, 0.3) is 0 Å². The predicted molar refractivity (Wildman–Crippen MR) is 76.6 cm³/mol. The first kappa shape index (κ1) is 14.1. The summed E-state index contributed by atoms with van der Waals surface area (Å²) in [6, 6.07) is 3.70. The lowest BCUT2D eigenvalue weighted by atomic mass is 10.0. The van der Waals surface area contributed by atoms with Gasteiger partial charge in [0, 0.05) is 11.3 Å². The molecule has 1 aromatic rings. The fourth-order valence-corrected chi connectivity index (χ4v) is 2.10. The van der Waals surface area contributed by atoms with Crippen molar-refractivity contribution >= 4 is 17.8 Å². The highest BCUT2D eigenvalue weighted by Gasteiger charge is 2.18. The van der Waals surface area contributed by atoms with Crippen LogP contribution in [0.4, 0.5) is 0 Å². The normalized spacial score (nSPS) is 13.6. The standard InChI is InChI=1S/C15H17NO4/c1-9-12-7-14(19-3)13(18-2)6-10(12)5-11(8-16-9)15(17)20-4/h5-7H,8H2,1-4H3. The molecule has 0 unspecified atom stereocenters. The number of benzene rings is 1. The largest absolute Gasteiger partial charge is 0.493 e. The Morgan fingerprint density at radius 2 is 1.80 bits per heavy atom. The molecule has 5 nitrogen and oxygen atoms in total. The summed E-state index contributed by atoms with van der Waals surface area (Å²) in [5.41, 5.74) is 3.14. The van der Waals surface area contributed by atoms with Crippen molar-refractivity contribution < 1.29 is 19.0 Å².